The van der Waals surface area contributed by atoms with Gasteiger partial charge in [0.05, 0.1) is 16.7 Å². The molecule has 0 aliphatic heterocycles. The van der Waals surface area contributed by atoms with Crippen molar-refractivity contribution in [3.8, 4) is 0 Å². The van der Waals surface area contributed by atoms with Crippen molar-refractivity contribution in [1.29, 1.82) is 0 Å². The lowest BCUT2D eigenvalue weighted by molar-refractivity contribution is 0.0819. The van der Waals surface area contributed by atoms with Gasteiger partial charge < -0.3 is 10.4 Å². The number of thiophene rings is 1. The number of aliphatic hydroxyl groups excluding tert-OH is 1. The van der Waals surface area contributed by atoms with Crippen molar-refractivity contribution < 1.29 is 9.90 Å². The SMILES string of the molecule is CCC(CC)C(O)CNC(=O)c1cc2c(C)nn(C)c2s1. The first kappa shape index (κ1) is 16.0. The summed E-state index contributed by atoms with van der Waals surface area (Å²) in [5, 5.41) is 18.2. The number of hydrogen-bond acceptors (Lipinski definition) is 4. The molecule has 21 heavy (non-hydrogen) atoms. The van der Waals surface area contributed by atoms with Crippen LogP contribution in [0.2, 0.25) is 0 Å². The van der Waals surface area contributed by atoms with Gasteiger partial charge in [0.2, 0.25) is 0 Å². The summed E-state index contributed by atoms with van der Waals surface area (Å²) in [5.74, 6) is 0.111. The Morgan fingerprint density at radius 2 is 2.14 bits per heavy atom. The topological polar surface area (TPSA) is 67.2 Å². The van der Waals surface area contributed by atoms with E-state index in [9.17, 15) is 9.90 Å². The van der Waals surface area contributed by atoms with Crippen LogP contribution >= 0.6 is 11.3 Å². The van der Waals surface area contributed by atoms with Crippen molar-refractivity contribution in [3.63, 3.8) is 0 Å². The van der Waals surface area contributed by atoms with E-state index in [1.54, 1.807) is 4.68 Å². The van der Waals surface area contributed by atoms with E-state index >= 15 is 0 Å². The molecule has 0 aliphatic carbocycles. The molecular formula is C15H23N3O2S. The average Bonchev–Trinajstić information content (AvgIpc) is 3.00. The predicted molar refractivity (Wildman–Crippen MR) is 85.7 cm³/mol. The molecule has 2 rings (SSSR count). The molecule has 0 aromatic carbocycles. The molecule has 1 amide bonds. The van der Waals surface area contributed by atoms with E-state index in [0.29, 0.717) is 11.4 Å². The number of carbonyl (C=O) groups excluding carboxylic acids is 1. The fraction of sp³-hybridized carbons (Fsp3) is 0.600. The molecular weight excluding hydrogens is 286 g/mol. The number of aryl methyl sites for hydroxylation is 2. The van der Waals surface area contributed by atoms with E-state index < -0.39 is 6.10 Å². The van der Waals surface area contributed by atoms with Crippen LogP contribution in [0.25, 0.3) is 10.2 Å². The van der Waals surface area contributed by atoms with E-state index in [2.05, 4.69) is 24.3 Å². The summed E-state index contributed by atoms with van der Waals surface area (Å²) in [7, 11) is 1.88. The molecule has 5 nitrogen and oxygen atoms in total. The Morgan fingerprint density at radius 1 is 1.48 bits per heavy atom. The number of aliphatic hydroxyl groups is 1. The largest absolute Gasteiger partial charge is 0.391 e. The third-order valence-corrected chi connectivity index (χ3v) is 5.19. The highest BCUT2D eigenvalue weighted by Crippen LogP contribution is 2.27. The van der Waals surface area contributed by atoms with Crippen LogP contribution in [-0.4, -0.2) is 33.4 Å². The van der Waals surface area contributed by atoms with Crippen LogP contribution < -0.4 is 5.32 Å². The van der Waals surface area contributed by atoms with Gasteiger partial charge in [0, 0.05) is 19.0 Å². The lowest BCUT2D eigenvalue weighted by Gasteiger charge is -2.20. The third-order valence-electron chi connectivity index (χ3n) is 3.98. The maximum Gasteiger partial charge on any atom is 0.261 e. The van der Waals surface area contributed by atoms with Crippen LogP contribution in [0.4, 0.5) is 0 Å². The van der Waals surface area contributed by atoms with Crippen LogP contribution in [0.1, 0.15) is 42.1 Å². The third kappa shape index (κ3) is 3.27. The molecule has 0 fully saturated rings. The fourth-order valence-electron chi connectivity index (χ4n) is 2.60. The highest BCUT2D eigenvalue weighted by atomic mass is 32.1. The van der Waals surface area contributed by atoms with Gasteiger partial charge >= 0.3 is 0 Å². The Bertz CT molecular complexity index is 594. The first-order chi connectivity index (χ1) is 9.97. The van der Waals surface area contributed by atoms with E-state index in [4.69, 9.17) is 0 Å². The summed E-state index contributed by atoms with van der Waals surface area (Å²) >= 11 is 1.43. The zero-order chi connectivity index (χ0) is 15.6. The number of nitrogens with zero attached hydrogens (tertiary/aromatic N) is 2. The second kappa shape index (κ2) is 6.58. The molecule has 2 heterocycles. The predicted octanol–water partition coefficient (Wildman–Crippen LogP) is 2.47. The normalized spacial score (nSPS) is 13.0. The molecule has 0 bridgehead atoms. The van der Waals surface area contributed by atoms with Gasteiger partial charge in [-0.05, 0) is 18.9 Å². The first-order valence-corrected chi connectivity index (χ1v) is 8.18. The van der Waals surface area contributed by atoms with Crippen LogP contribution in [0, 0.1) is 12.8 Å². The number of hydrogen-bond donors (Lipinski definition) is 2. The number of amides is 1. The van der Waals surface area contributed by atoms with E-state index in [-0.39, 0.29) is 11.8 Å². The van der Waals surface area contributed by atoms with Crippen LogP contribution in [0.3, 0.4) is 0 Å². The maximum absolute atomic E-state index is 12.2. The van der Waals surface area contributed by atoms with Gasteiger partial charge in [-0.2, -0.15) is 5.10 Å². The van der Waals surface area contributed by atoms with Crippen molar-refractivity contribution in [2.45, 2.75) is 39.7 Å². The second-order valence-electron chi connectivity index (χ2n) is 5.39. The van der Waals surface area contributed by atoms with Crippen molar-refractivity contribution in [3.05, 3.63) is 16.6 Å². The molecule has 116 valence electrons. The van der Waals surface area contributed by atoms with E-state index in [1.165, 1.54) is 11.3 Å². The molecule has 1 atom stereocenters. The highest BCUT2D eigenvalue weighted by Gasteiger charge is 2.18. The molecule has 0 spiro atoms. The van der Waals surface area contributed by atoms with Gasteiger partial charge in [0.15, 0.2) is 0 Å². The Balaban J connectivity index is 2.04. The molecule has 0 radical (unpaired) electrons. The standard InChI is InChI=1S/C15H23N3O2S/c1-5-10(6-2)12(19)8-16-14(20)13-7-11-9(3)17-18(4)15(11)21-13/h7,10,12,19H,5-6,8H2,1-4H3,(H,16,20). The lowest BCUT2D eigenvalue weighted by atomic mass is 9.96. The van der Waals surface area contributed by atoms with Crippen LogP contribution in [0.15, 0.2) is 6.07 Å². The smallest absolute Gasteiger partial charge is 0.261 e. The van der Waals surface area contributed by atoms with Crippen LogP contribution in [-0.2, 0) is 7.05 Å². The molecule has 2 aromatic rings. The summed E-state index contributed by atoms with van der Waals surface area (Å²) in [6.45, 7) is 6.35. The van der Waals surface area contributed by atoms with Crippen molar-refractivity contribution in [2.24, 2.45) is 13.0 Å². The molecule has 0 saturated heterocycles. The Hall–Kier alpha value is -1.40. The number of fused-ring (bicyclic) bond motifs is 1. The van der Waals surface area contributed by atoms with E-state index in [1.807, 2.05) is 20.0 Å². The lowest BCUT2D eigenvalue weighted by Crippen LogP contribution is -2.35. The minimum Gasteiger partial charge on any atom is -0.391 e. The fourth-order valence-corrected chi connectivity index (χ4v) is 3.64. The molecule has 1 unspecified atom stereocenters. The van der Waals surface area contributed by atoms with E-state index in [0.717, 1.165) is 28.8 Å². The van der Waals surface area contributed by atoms with Crippen LogP contribution in [0.5, 0.6) is 0 Å². The molecule has 2 N–H and O–H groups in total. The molecule has 0 saturated carbocycles. The molecule has 6 heteroatoms. The Labute approximate surface area is 129 Å². The van der Waals surface area contributed by atoms with Gasteiger partial charge in [0.1, 0.15) is 4.83 Å². The molecule has 2 aromatic heterocycles. The minimum absolute atomic E-state index is 0.124. The summed E-state index contributed by atoms with van der Waals surface area (Å²) in [6.07, 6.45) is 1.35. The maximum atomic E-state index is 12.2. The zero-order valence-corrected chi connectivity index (χ0v) is 13.8. The Kier molecular flexibility index (Phi) is 5.00. The van der Waals surface area contributed by atoms with Crippen molar-refractivity contribution in [1.82, 2.24) is 15.1 Å². The monoisotopic (exact) mass is 309 g/mol. The summed E-state index contributed by atoms with van der Waals surface area (Å²) in [5.41, 5.74) is 0.930. The second-order valence-corrected chi connectivity index (χ2v) is 6.42. The number of nitrogens with one attached hydrogen (secondary N) is 1. The number of rotatable bonds is 6. The summed E-state index contributed by atoms with van der Waals surface area (Å²) < 4.78 is 1.80. The molecule has 0 aliphatic rings. The van der Waals surface area contributed by atoms with Gasteiger partial charge in [0.25, 0.3) is 5.91 Å². The average molecular weight is 309 g/mol. The van der Waals surface area contributed by atoms with Crippen molar-refractivity contribution >= 4 is 27.5 Å². The number of aromatic nitrogens is 2. The minimum atomic E-state index is -0.485. The zero-order valence-electron chi connectivity index (χ0n) is 13.0. The number of carbonyl (C=O) groups is 1. The van der Waals surface area contributed by atoms with Gasteiger partial charge in [-0.1, -0.05) is 26.7 Å². The Morgan fingerprint density at radius 3 is 2.71 bits per heavy atom. The quantitative estimate of drug-likeness (QED) is 0.861. The van der Waals surface area contributed by atoms with Gasteiger partial charge in [-0.25, -0.2) is 0 Å². The van der Waals surface area contributed by atoms with Crippen molar-refractivity contribution in [2.75, 3.05) is 6.54 Å². The first-order valence-electron chi connectivity index (χ1n) is 7.37. The summed E-state index contributed by atoms with van der Waals surface area (Å²) in [6, 6.07) is 1.88. The summed E-state index contributed by atoms with van der Waals surface area (Å²) in [4.78, 5) is 13.9. The van der Waals surface area contributed by atoms with Gasteiger partial charge in [-0.15, -0.1) is 11.3 Å². The highest BCUT2D eigenvalue weighted by molar-refractivity contribution is 7.20. The van der Waals surface area contributed by atoms with Gasteiger partial charge in [-0.3, -0.25) is 9.48 Å².